The number of hydrogen-bond donors (Lipinski definition) is 2. The number of nitrogens with one attached hydrogen (secondary N) is 1. The molecule has 0 saturated heterocycles. The Kier molecular flexibility index (Phi) is 3.94. The van der Waals surface area contributed by atoms with Gasteiger partial charge in [-0.15, -0.1) is 11.3 Å². The van der Waals surface area contributed by atoms with Gasteiger partial charge in [0, 0.05) is 10.9 Å². The van der Waals surface area contributed by atoms with Crippen LogP contribution in [0.5, 0.6) is 0 Å². The molecule has 1 aromatic heterocycles. The van der Waals surface area contributed by atoms with Gasteiger partial charge < -0.3 is 10.4 Å². The molecule has 2 aromatic rings. The molecule has 1 saturated carbocycles. The van der Waals surface area contributed by atoms with E-state index in [1.807, 2.05) is 6.07 Å². The second-order valence-electron chi connectivity index (χ2n) is 5.35. The van der Waals surface area contributed by atoms with Gasteiger partial charge in [0.05, 0.1) is 10.8 Å². The highest BCUT2D eigenvalue weighted by molar-refractivity contribution is 7.17. The van der Waals surface area contributed by atoms with E-state index in [4.69, 9.17) is 5.11 Å². The third kappa shape index (κ3) is 3.01. The van der Waals surface area contributed by atoms with Crippen LogP contribution in [-0.4, -0.2) is 23.0 Å². The summed E-state index contributed by atoms with van der Waals surface area (Å²) in [4.78, 5) is 24.3. The molecular formula is C16H14FNO3S. The van der Waals surface area contributed by atoms with Crippen LogP contribution in [-0.2, 0) is 4.79 Å². The molecule has 6 heteroatoms. The smallest absolute Gasteiger partial charge is 0.306 e. The van der Waals surface area contributed by atoms with Crippen LogP contribution in [0.1, 0.15) is 22.5 Å². The minimum absolute atomic E-state index is 0.0648. The standard InChI is InChI=1S/C16H14FNO3S/c17-11-3-1-9(2-4-11)13-5-6-14(22-13)15(19)18-12-7-10(8-12)16(20)21/h1-6,10,12H,7-8H2,(H,18,19)(H,20,21). The monoisotopic (exact) mass is 319 g/mol. The van der Waals surface area contributed by atoms with Crippen molar-refractivity contribution in [2.24, 2.45) is 5.92 Å². The van der Waals surface area contributed by atoms with Gasteiger partial charge in [-0.3, -0.25) is 9.59 Å². The second kappa shape index (κ2) is 5.88. The molecule has 1 aliphatic carbocycles. The molecule has 0 aliphatic heterocycles. The number of carbonyl (C=O) groups excluding carboxylic acids is 1. The summed E-state index contributed by atoms with van der Waals surface area (Å²) in [5, 5.41) is 11.7. The lowest BCUT2D eigenvalue weighted by Gasteiger charge is -2.32. The van der Waals surface area contributed by atoms with Gasteiger partial charge in [0.15, 0.2) is 0 Å². The minimum Gasteiger partial charge on any atom is -0.481 e. The predicted molar refractivity (Wildman–Crippen MR) is 81.3 cm³/mol. The largest absolute Gasteiger partial charge is 0.481 e. The molecule has 0 atom stereocenters. The van der Waals surface area contributed by atoms with E-state index < -0.39 is 5.97 Å². The van der Waals surface area contributed by atoms with Crippen molar-refractivity contribution in [1.29, 1.82) is 0 Å². The number of rotatable bonds is 4. The number of carbonyl (C=O) groups is 2. The van der Waals surface area contributed by atoms with E-state index in [0.717, 1.165) is 10.4 Å². The maximum atomic E-state index is 12.9. The van der Waals surface area contributed by atoms with E-state index >= 15 is 0 Å². The lowest BCUT2D eigenvalue weighted by atomic mass is 9.80. The molecule has 1 fully saturated rings. The molecular weight excluding hydrogens is 305 g/mol. The van der Waals surface area contributed by atoms with Crippen LogP contribution in [0.25, 0.3) is 10.4 Å². The van der Waals surface area contributed by atoms with Gasteiger partial charge in [-0.05, 0) is 42.7 Å². The van der Waals surface area contributed by atoms with Crippen molar-refractivity contribution in [1.82, 2.24) is 5.32 Å². The molecule has 0 bridgehead atoms. The van der Waals surface area contributed by atoms with Gasteiger partial charge in [-0.25, -0.2) is 4.39 Å². The molecule has 1 aliphatic rings. The zero-order valence-corrected chi connectivity index (χ0v) is 12.4. The van der Waals surface area contributed by atoms with Crippen LogP contribution in [0.2, 0.25) is 0 Å². The normalized spacial score (nSPS) is 20.2. The number of hydrogen-bond acceptors (Lipinski definition) is 3. The van der Waals surface area contributed by atoms with E-state index in [1.165, 1.54) is 23.5 Å². The molecule has 1 heterocycles. The summed E-state index contributed by atoms with van der Waals surface area (Å²) in [6, 6.07) is 9.60. The van der Waals surface area contributed by atoms with Crippen LogP contribution in [0.15, 0.2) is 36.4 Å². The first kappa shape index (κ1) is 14.7. The van der Waals surface area contributed by atoms with Crippen molar-refractivity contribution in [3.63, 3.8) is 0 Å². The molecule has 0 spiro atoms. The van der Waals surface area contributed by atoms with Crippen LogP contribution in [0.4, 0.5) is 4.39 Å². The Labute approximate surface area is 130 Å². The molecule has 1 aromatic carbocycles. The van der Waals surface area contributed by atoms with Gasteiger partial charge >= 0.3 is 5.97 Å². The first-order valence-corrected chi connectivity index (χ1v) is 7.74. The Morgan fingerprint density at radius 3 is 2.45 bits per heavy atom. The topological polar surface area (TPSA) is 66.4 Å². The minimum atomic E-state index is -0.805. The fraction of sp³-hybridized carbons (Fsp3) is 0.250. The lowest BCUT2D eigenvalue weighted by molar-refractivity contribution is -0.145. The van der Waals surface area contributed by atoms with Gasteiger partial charge in [-0.2, -0.15) is 0 Å². The number of halogens is 1. The molecule has 2 N–H and O–H groups in total. The van der Waals surface area contributed by atoms with E-state index in [1.54, 1.807) is 18.2 Å². The van der Waals surface area contributed by atoms with E-state index in [9.17, 15) is 14.0 Å². The van der Waals surface area contributed by atoms with Crippen molar-refractivity contribution >= 4 is 23.2 Å². The van der Waals surface area contributed by atoms with Crippen LogP contribution in [0.3, 0.4) is 0 Å². The number of carboxylic acid groups (broad SMARTS) is 1. The average molecular weight is 319 g/mol. The maximum absolute atomic E-state index is 12.9. The highest BCUT2D eigenvalue weighted by Crippen LogP contribution is 2.30. The van der Waals surface area contributed by atoms with Crippen molar-refractivity contribution < 1.29 is 19.1 Å². The van der Waals surface area contributed by atoms with Crippen molar-refractivity contribution in [3.05, 3.63) is 47.1 Å². The highest BCUT2D eigenvalue weighted by atomic mass is 32.1. The lowest BCUT2D eigenvalue weighted by Crippen LogP contribution is -2.46. The molecule has 1 amide bonds. The Bertz CT molecular complexity index is 704. The summed E-state index contributed by atoms with van der Waals surface area (Å²) in [5.74, 6) is -1.63. The predicted octanol–water partition coefficient (Wildman–Crippen LogP) is 3.15. The molecule has 22 heavy (non-hydrogen) atoms. The van der Waals surface area contributed by atoms with Gasteiger partial charge in [-0.1, -0.05) is 12.1 Å². The third-order valence-corrected chi connectivity index (χ3v) is 4.91. The van der Waals surface area contributed by atoms with Crippen LogP contribution < -0.4 is 5.32 Å². The first-order valence-electron chi connectivity index (χ1n) is 6.92. The number of aliphatic carboxylic acids is 1. The first-order chi connectivity index (χ1) is 10.5. The summed E-state index contributed by atoms with van der Waals surface area (Å²) in [7, 11) is 0. The van der Waals surface area contributed by atoms with Crippen molar-refractivity contribution in [3.8, 4) is 10.4 Å². The quantitative estimate of drug-likeness (QED) is 0.910. The molecule has 3 rings (SSSR count). The van der Waals surface area contributed by atoms with Gasteiger partial charge in [0.1, 0.15) is 5.82 Å². The fourth-order valence-electron chi connectivity index (χ4n) is 2.42. The van der Waals surface area contributed by atoms with Crippen LogP contribution >= 0.6 is 11.3 Å². The summed E-state index contributed by atoms with van der Waals surface area (Å²) in [5.41, 5.74) is 0.861. The van der Waals surface area contributed by atoms with Gasteiger partial charge in [0.2, 0.25) is 0 Å². The zero-order chi connectivity index (χ0) is 15.7. The number of amides is 1. The average Bonchev–Trinajstić information content (AvgIpc) is 2.92. The van der Waals surface area contributed by atoms with Gasteiger partial charge in [0.25, 0.3) is 5.91 Å². The van der Waals surface area contributed by atoms with E-state index in [2.05, 4.69) is 5.32 Å². The summed E-state index contributed by atoms with van der Waals surface area (Å²) >= 11 is 1.33. The molecule has 114 valence electrons. The van der Waals surface area contributed by atoms with E-state index in [0.29, 0.717) is 17.7 Å². The number of thiophene rings is 1. The summed E-state index contributed by atoms with van der Waals surface area (Å²) < 4.78 is 12.9. The Hall–Kier alpha value is -2.21. The van der Waals surface area contributed by atoms with Crippen LogP contribution in [0, 0.1) is 11.7 Å². The zero-order valence-electron chi connectivity index (χ0n) is 11.6. The Morgan fingerprint density at radius 1 is 1.14 bits per heavy atom. The number of carboxylic acids is 1. The molecule has 0 unspecified atom stereocenters. The second-order valence-corrected chi connectivity index (χ2v) is 6.43. The van der Waals surface area contributed by atoms with E-state index in [-0.39, 0.29) is 23.7 Å². The molecule has 4 nitrogen and oxygen atoms in total. The Morgan fingerprint density at radius 2 is 1.82 bits per heavy atom. The number of benzene rings is 1. The fourth-order valence-corrected chi connectivity index (χ4v) is 3.34. The van der Waals surface area contributed by atoms with Crippen molar-refractivity contribution in [2.75, 3.05) is 0 Å². The SMILES string of the molecule is O=C(NC1CC(C(=O)O)C1)c1ccc(-c2ccc(F)cc2)s1. The highest BCUT2D eigenvalue weighted by Gasteiger charge is 2.35. The third-order valence-electron chi connectivity index (χ3n) is 3.78. The summed E-state index contributed by atoms with van der Waals surface area (Å²) in [6.45, 7) is 0. The summed E-state index contributed by atoms with van der Waals surface area (Å²) in [6.07, 6.45) is 0.967. The molecule has 0 radical (unpaired) electrons. The maximum Gasteiger partial charge on any atom is 0.306 e. The Balaban J connectivity index is 1.63. The van der Waals surface area contributed by atoms with Crippen molar-refractivity contribution in [2.45, 2.75) is 18.9 Å².